The molecule has 0 amide bonds. The van der Waals surface area contributed by atoms with Gasteiger partial charge in [-0.25, -0.2) is 4.79 Å². The molecule has 2 aromatic heterocycles. The van der Waals surface area contributed by atoms with Crippen LogP contribution >= 0.6 is 0 Å². The fourth-order valence-electron chi connectivity index (χ4n) is 1.31. The van der Waals surface area contributed by atoms with Gasteiger partial charge in [-0.05, 0) is 13.0 Å². The summed E-state index contributed by atoms with van der Waals surface area (Å²) in [4.78, 5) is 27.1. The third-order valence-corrected chi connectivity index (χ3v) is 2.04. The number of hydrogen-bond acceptors (Lipinski definition) is 5. The smallest absolute Gasteiger partial charge is 0.362 e. The lowest BCUT2D eigenvalue weighted by atomic mass is 10.2. The van der Waals surface area contributed by atoms with Crippen LogP contribution in [0.2, 0.25) is 0 Å². The van der Waals surface area contributed by atoms with E-state index in [9.17, 15) is 9.59 Å². The average molecular weight is 219 g/mol. The molecule has 1 N–H and O–H groups in total. The fraction of sp³-hybridized carbons (Fsp3) is 0.200. The molecule has 0 aliphatic rings. The fourth-order valence-corrected chi connectivity index (χ4v) is 1.31. The minimum Gasteiger partial charge on any atom is -0.461 e. The van der Waals surface area contributed by atoms with Gasteiger partial charge in [0.15, 0.2) is 0 Å². The number of aromatic nitrogens is 3. The quantitative estimate of drug-likeness (QED) is 0.743. The van der Waals surface area contributed by atoms with E-state index >= 15 is 0 Å². The summed E-state index contributed by atoms with van der Waals surface area (Å²) in [5, 5.41) is 6.63. The molecule has 0 saturated carbocycles. The summed E-state index contributed by atoms with van der Waals surface area (Å²) in [6.07, 6.45) is 2.95. The second kappa shape index (κ2) is 4.09. The summed E-state index contributed by atoms with van der Waals surface area (Å²) in [6, 6.07) is 1.53. The number of nitrogens with zero attached hydrogens (tertiary/aromatic N) is 2. The molecule has 0 bridgehead atoms. The first-order chi connectivity index (χ1) is 7.74. The molecule has 0 saturated heterocycles. The average Bonchev–Trinajstić information content (AvgIpc) is 2.30. The molecule has 2 rings (SSSR count). The Morgan fingerprint density at radius 1 is 1.56 bits per heavy atom. The zero-order chi connectivity index (χ0) is 11.5. The Kier molecular flexibility index (Phi) is 2.63. The van der Waals surface area contributed by atoms with Gasteiger partial charge < -0.3 is 4.74 Å². The molecule has 82 valence electrons. The van der Waals surface area contributed by atoms with E-state index < -0.39 is 11.4 Å². The molecule has 0 atom stereocenters. The third-order valence-electron chi connectivity index (χ3n) is 2.04. The first-order valence-corrected chi connectivity index (χ1v) is 4.73. The molecular formula is C10H9N3O3. The second-order valence-corrected chi connectivity index (χ2v) is 3.04. The molecule has 0 aliphatic carbocycles. The largest absolute Gasteiger partial charge is 0.461 e. The number of ether oxygens (including phenoxy) is 1. The number of hydrogen-bond donors (Lipinski definition) is 1. The molecule has 2 aromatic rings. The Labute approximate surface area is 90.3 Å². The van der Waals surface area contributed by atoms with E-state index in [4.69, 9.17) is 4.74 Å². The van der Waals surface area contributed by atoms with E-state index in [0.717, 1.165) is 0 Å². The molecule has 0 unspecified atom stereocenters. The maximum atomic E-state index is 11.8. The molecule has 0 aliphatic heterocycles. The van der Waals surface area contributed by atoms with E-state index in [-0.39, 0.29) is 12.3 Å². The maximum absolute atomic E-state index is 11.8. The van der Waals surface area contributed by atoms with Crippen molar-refractivity contribution >= 4 is 16.9 Å². The first-order valence-electron chi connectivity index (χ1n) is 4.73. The van der Waals surface area contributed by atoms with Gasteiger partial charge in [-0.3, -0.25) is 14.9 Å². The molecule has 16 heavy (non-hydrogen) atoms. The Hall–Kier alpha value is -2.24. The van der Waals surface area contributed by atoms with E-state index in [1.807, 2.05) is 0 Å². The second-order valence-electron chi connectivity index (χ2n) is 3.04. The van der Waals surface area contributed by atoms with Crippen LogP contribution in [0.5, 0.6) is 0 Å². The number of carbonyl (C=O) groups excluding carboxylic acids is 1. The van der Waals surface area contributed by atoms with Crippen LogP contribution in [-0.2, 0) is 4.74 Å². The van der Waals surface area contributed by atoms with Crippen LogP contribution in [0.1, 0.15) is 17.4 Å². The zero-order valence-electron chi connectivity index (χ0n) is 8.56. The van der Waals surface area contributed by atoms with Crippen molar-refractivity contribution in [3.63, 3.8) is 0 Å². The number of rotatable bonds is 2. The van der Waals surface area contributed by atoms with Crippen molar-refractivity contribution in [1.82, 2.24) is 15.2 Å². The van der Waals surface area contributed by atoms with Gasteiger partial charge in [0.05, 0.1) is 23.7 Å². The summed E-state index contributed by atoms with van der Waals surface area (Å²) < 4.78 is 4.72. The summed E-state index contributed by atoms with van der Waals surface area (Å²) in [5.74, 6) is -0.720. The lowest BCUT2D eigenvalue weighted by Gasteiger charge is -2.01. The van der Waals surface area contributed by atoms with Crippen LogP contribution in [0.4, 0.5) is 0 Å². The summed E-state index contributed by atoms with van der Waals surface area (Å²) in [7, 11) is 0. The number of esters is 1. The van der Waals surface area contributed by atoms with Crippen LogP contribution in [0.3, 0.4) is 0 Å². The lowest BCUT2D eigenvalue weighted by molar-refractivity contribution is 0.0517. The van der Waals surface area contributed by atoms with Gasteiger partial charge in [0.2, 0.25) is 11.1 Å². The number of pyridine rings is 1. The molecule has 6 heteroatoms. The highest BCUT2D eigenvalue weighted by molar-refractivity contribution is 5.91. The van der Waals surface area contributed by atoms with E-state index in [2.05, 4.69) is 15.2 Å². The van der Waals surface area contributed by atoms with E-state index in [1.54, 1.807) is 6.92 Å². The van der Waals surface area contributed by atoms with E-state index in [1.165, 1.54) is 18.5 Å². The minimum atomic E-state index is -0.720. The molecule has 0 spiro atoms. The van der Waals surface area contributed by atoms with Crippen LogP contribution in [0.25, 0.3) is 10.9 Å². The van der Waals surface area contributed by atoms with Gasteiger partial charge in [-0.1, -0.05) is 0 Å². The zero-order valence-corrected chi connectivity index (χ0v) is 8.56. The summed E-state index contributed by atoms with van der Waals surface area (Å²) >= 11 is 0. The molecule has 0 aromatic carbocycles. The Morgan fingerprint density at radius 3 is 3.12 bits per heavy atom. The molecule has 2 heterocycles. The van der Waals surface area contributed by atoms with Crippen molar-refractivity contribution in [2.24, 2.45) is 0 Å². The monoisotopic (exact) mass is 219 g/mol. The van der Waals surface area contributed by atoms with Crippen molar-refractivity contribution in [2.75, 3.05) is 6.61 Å². The van der Waals surface area contributed by atoms with Crippen molar-refractivity contribution < 1.29 is 9.53 Å². The number of H-pyrrole nitrogens is 1. The van der Waals surface area contributed by atoms with Crippen LogP contribution in [0.15, 0.2) is 23.3 Å². The van der Waals surface area contributed by atoms with E-state index in [0.29, 0.717) is 10.9 Å². The van der Waals surface area contributed by atoms with Crippen molar-refractivity contribution in [3.05, 3.63) is 34.4 Å². The van der Waals surface area contributed by atoms with Crippen molar-refractivity contribution in [2.45, 2.75) is 6.92 Å². The summed E-state index contributed by atoms with van der Waals surface area (Å²) in [6.45, 7) is 1.87. The number of fused-ring (bicyclic) bond motifs is 1. The molecule has 6 nitrogen and oxygen atoms in total. The number of nitrogens with one attached hydrogen (secondary N) is 1. The standard InChI is InChI=1S/C10H9N3O3/c1-2-16-10(15)8-9(14)6-3-4-11-5-7(6)12-13-8/h3-5H,2H2,1H3,(H,12,14). The lowest BCUT2D eigenvalue weighted by Crippen LogP contribution is -2.20. The maximum Gasteiger partial charge on any atom is 0.362 e. The van der Waals surface area contributed by atoms with Crippen LogP contribution in [-0.4, -0.2) is 27.8 Å². The Morgan fingerprint density at radius 2 is 2.38 bits per heavy atom. The van der Waals surface area contributed by atoms with Crippen molar-refractivity contribution in [1.29, 1.82) is 0 Å². The number of aromatic amines is 1. The molecule has 0 fully saturated rings. The van der Waals surface area contributed by atoms with Crippen LogP contribution in [0, 0.1) is 0 Å². The molecular weight excluding hydrogens is 210 g/mol. The third kappa shape index (κ3) is 1.65. The van der Waals surface area contributed by atoms with Gasteiger partial charge in [0.25, 0.3) is 0 Å². The first kappa shape index (κ1) is 10.3. The Bertz CT molecular complexity index is 591. The highest BCUT2D eigenvalue weighted by Gasteiger charge is 2.15. The van der Waals surface area contributed by atoms with Gasteiger partial charge in [0, 0.05) is 6.20 Å². The number of carbonyl (C=O) groups is 1. The van der Waals surface area contributed by atoms with Gasteiger partial charge >= 0.3 is 5.97 Å². The highest BCUT2D eigenvalue weighted by Crippen LogP contribution is 2.03. The van der Waals surface area contributed by atoms with Crippen LogP contribution < -0.4 is 5.43 Å². The molecule has 0 radical (unpaired) electrons. The minimum absolute atomic E-state index is 0.203. The highest BCUT2D eigenvalue weighted by atomic mass is 16.5. The van der Waals surface area contributed by atoms with Crippen molar-refractivity contribution in [3.8, 4) is 0 Å². The SMILES string of the molecule is CCOC(=O)c1n[nH]c2cnccc2c1=O. The predicted molar refractivity (Wildman–Crippen MR) is 56.1 cm³/mol. The van der Waals surface area contributed by atoms with Gasteiger partial charge in [-0.2, -0.15) is 5.10 Å². The summed E-state index contributed by atoms with van der Waals surface area (Å²) in [5.41, 5.74) is -0.198. The van der Waals surface area contributed by atoms with Gasteiger partial charge in [0.1, 0.15) is 0 Å². The predicted octanol–water partition coefficient (Wildman–Crippen LogP) is 0.495. The Balaban J connectivity index is 2.61. The topological polar surface area (TPSA) is 84.9 Å². The van der Waals surface area contributed by atoms with Gasteiger partial charge in [-0.15, -0.1) is 0 Å². The normalized spacial score (nSPS) is 10.3.